The maximum absolute atomic E-state index is 12.5. The van der Waals surface area contributed by atoms with Crippen LogP contribution in [0.25, 0.3) is 0 Å². The minimum atomic E-state index is -3.96. The number of hydrogen-bond acceptors (Lipinski definition) is 4. The first kappa shape index (κ1) is 17.1. The van der Waals surface area contributed by atoms with E-state index in [0.717, 1.165) is 0 Å². The maximum atomic E-state index is 12.5. The highest BCUT2D eigenvalue weighted by Crippen LogP contribution is 2.30. The van der Waals surface area contributed by atoms with Crippen LogP contribution in [0.2, 0.25) is 5.02 Å². The molecule has 8 heteroatoms. The van der Waals surface area contributed by atoms with Crippen molar-refractivity contribution in [2.75, 3.05) is 11.8 Å². The van der Waals surface area contributed by atoms with Gasteiger partial charge in [0, 0.05) is 5.02 Å². The van der Waals surface area contributed by atoms with Crippen LogP contribution in [0, 0.1) is 6.92 Å². The second-order valence-electron chi connectivity index (χ2n) is 4.68. The van der Waals surface area contributed by atoms with Crippen LogP contribution in [-0.4, -0.2) is 26.6 Å². The molecular formula is C15H14ClNO5S. The van der Waals surface area contributed by atoms with E-state index < -0.39 is 16.0 Å². The number of methoxy groups -OCH3 is 1. The number of benzene rings is 2. The van der Waals surface area contributed by atoms with Crippen molar-refractivity contribution in [1.29, 1.82) is 0 Å². The van der Waals surface area contributed by atoms with Crippen molar-refractivity contribution in [2.24, 2.45) is 0 Å². The molecule has 0 atom stereocenters. The number of halogens is 1. The van der Waals surface area contributed by atoms with Gasteiger partial charge in [-0.1, -0.05) is 11.6 Å². The molecule has 0 amide bonds. The third kappa shape index (κ3) is 3.57. The second-order valence-corrected chi connectivity index (χ2v) is 6.77. The molecule has 122 valence electrons. The van der Waals surface area contributed by atoms with Gasteiger partial charge in [0.15, 0.2) is 0 Å². The van der Waals surface area contributed by atoms with Crippen LogP contribution in [0.15, 0.2) is 41.3 Å². The summed E-state index contributed by atoms with van der Waals surface area (Å²) in [7, 11) is -2.49. The lowest BCUT2D eigenvalue weighted by Gasteiger charge is -2.14. The molecule has 0 aliphatic carbocycles. The molecule has 0 aliphatic heterocycles. The van der Waals surface area contributed by atoms with Crippen LogP contribution in [0.5, 0.6) is 5.75 Å². The summed E-state index contributed by atoms with van der Waals surface area (Å²) in [6, 6.07) is 8.38. The van der Waals surface area contributed by atoms with Gasteiger partial charge < -0.3 is 9.84 Å². The second kappa shape index (κ2) is 6.47. The van der Waals surface area contributed by atoms with E-state index in [1.165, 1.54) is 43.5 Å². The highest BCUT2D eigenvalue weighted by Gasteiger charge is 2.21. The summed E-state index contributed by atoms with van der Waals surface area (Å²) in [5, 5.41) is 9.49. The molecule has 6 nitrogen and oxygen atoms in total. The molecule has 0 saturated heterocycles. The lowest BCUT2D eigenvalue weighted by Crippen LogP contribution is -2.16. The van der Waals surface area contributed by atoms with Crippen molar-refractivity contribution in [3.63, 3.8) is 0 Å². The minimum Gasteiger partial charge on any atom is -0.497 e. The van der Waals surface area contributed by atoms with Gasteiger partial charge in [-0.15, -0.1) is 0 Å². The van der Waals surface area contributed by atoms with Gasteiger partial charge in [0.25, 0.3) is 10.0 Å². The van der Waals surface area contributed by atoms with Gasteiger partial charge in [-0.25, -0.2) is 13.2 Å². The van der Waals surface area contributed by atoms with Crippen LogP contribution in [0.3, 0.4) is 0 Å². The summed E-state index contributed by atoms with van der Waals surface area (Å²) < 4.78 is 32.2. The van der Waals surface area contributed by atoms with E-state index in [1.54, 1.807) is 6.92 Å². The molecule has 0 unspecified atom stereocenters. The van der Waals surface area contributed by atoms with E-state index in [9.17, 15) is 18.3 Å². The predicted molar refractivity (Wildman–Crippen MR) is 87.0 cm³/mol. The molecule has 2 rings (SSSR count). The van der Waals surface area contributed by atoms with Crippen LogP contribution < -0.4 is 9.46 Å². The van der Waals surface area contributed by atoms with Gasteiger partial charge in [0.1, 0.15) is 5.75 Å². The molecule has 0 spiro atoms. The maximum Gasteiger partial charge on any atom is 0.337 e. The minimum absolute atomic E-state index is 0.0194. The Morgan fingerprint density at radius 3 is 2.30 bits per heavy atom. The average Bonchev–Trinajstić information content (AvgIpc) is 2.51. The van der Waals surface area contributed by atoms with Gasteiger partial charge in [0.2, 0.25) is 0 Å². The standard InChI is InChI=1S/C15H14ClNO5S/c1-9-13(16)8-7-12(15(18)19)14(9)17-23(20,21)11-5-3-10(22-2)4-6-11/h3-8,17H,1-2H3,(H,18,19). The predicted octanol–water partition coefficient (Wildman–Crippen LogP) is 3.16. The van der Waals surface area contributed by atoms with Crippen LogP contribution in [0.4, 0.5) is 5.69 Å². The van der Waals surface area contributed by atoms with Crippen molar-refractivity contribution in [3.8, 4) is 5.75 Å². The Bertz CT molecular complexity index is 847. The Morgan fingerprint density at radius 2 is 1.78 bits per heavy atom. The van der Waals surface area contributed by atoms with Crippen molar-refractivity contribution in [1.82, 2.24) is 0 Å². The van der Waals surface area contributed by atoms with Gasteiger partial charge in [-0.2, -0.15) is 0 Å². The normalized spacial score (nSPS) is 11.1. The number of sulfonamides is 1. The van der Waals surface area contributed by atoms with Crippen LogP contribution in [0.1, 0.15) is 15.9 Å². The summed E-state index contributed by atoms with van der Waals surface area (Å²) in [6.07, 6.45) is 0. The van der Waals surface area contributed by atoms with Gasteiger partial charge in [-0.05, 0) is 48.9 Å². The zero-order chi connectivity index (χ0) is 17.2. The highest BCUT2D eigenvalue weighted by molar-refractivity contribution is 7.92. The van der Waals surface area contributed by atoms with Gasteiger partial charge in [-0.3, -0.25) is 4.72 Å². The SMILES string of the molecule is COc1ccc(S(=O)(=O)Nc2c(C(=O)O)ccc(Cl)c2C)cc1. The Hall–Kier alpha value is -2.25. The number of carboxylic acids is 1. The summed E-state index contributed by atoms with van der Waals surface area (Å²) in [5.74, 6) is -0.744. The molecular weight excluding hydrogens is 342 g/mol. The number of nitrogens with one attached hydrogen (secondary N) is 1. The van der Waals surface area contributed by atoms with Crippen molar-refractivity contribution < 1.29 is 23.1 Å². The van der Waals surface area contributed by atoms with E-state index in [1.807, 2.05) is 0 Å². The third-order valence-corrected chi connectivity index (χ3v) is 5.01. The molecule has 2 aromatic rings. The Balaban J connectivity index is 2.48. The Morgan fingerprint density at radius 1 is 1.17 bits per heavy atom. The fraction of sp³-hybridized carbons (Fsp3) is 0.133. The quantitative estimate of drug-likeness (QED) is 0.859. The molecule has 0 saturated carbocycles. The number of carbonyl (C=O) groups is 1. The van der Waals surface area contributed by atoms with Crippen molar-refractivity contribution >= 4 is 33.3 Å². The average molecular weight is 356 g/mol. The number of carboxylic acid groups (broad SMARTS) is 1. The van der Waals surface area contributed by atoms with E-state index in [-0.39, 0.29) is 21.2 Å². The van der Waals surface area contributed by atoms with Crippen molar-refractivity contribution in [2.45, 2.75) is 11.8 Å². The number of rotatable bonds is 5. The summed E-state index contributed by atoms with van der Waals surface area (Å²) in [6.45, 7) is 1.54. The summed E-state index contributed by atoms with van der Waals surface area (Å²) in [5.41, 5.74) is 0.105. The lowest BCUT2D eigenvalue weighted by molar-refractivity contribution is 0.0698. The molecule has 0 bridgehead atoms. The number of aromatic carboxylic acids is 1. The fourth-order valence-electron chi connectivity index (χ4n) is 1.94. The smallest absolute Gasteiger partial charge is 0.337 e. The summed E-state index contributed by atoms with van der Waals surface area (Å²) in [4.78, 5) is 11.3. The first-order valence-corrected chi connectivity index (χ1v) is 8.31. The van der Waals surface area contributed by atoms with Gasteiger partial charge >= 0.3 is 5.97 Å². The monoisotopic (exact) mass is 355 g/mol. The molecule has 0 aliphatic rings. The Labute approximate surface area is 138 Å². The topological polar surface area (TPSA) is 92.7 Å². The number of ether oxygens (including phenoxy) is 1. The molecule has 23 heavy (non-hydrogen) atoms. The van der Waals surface area contributed by atoms with Crippen LogP contribution in [-0.2, 0) is 10.0 Å². The molecule has 0 heterocycles. The van der Waals surface area contributed by atoms with Gasteiger partial charge in [0.05, 0.1) is 23.3 Å². The molecule has 0 fully saturated rings. The number of anilines is 1. The Kier molecular flexibility index (Phi) is 4.82. The first-order chi connectivity index (χ1) is 10.8. The van der Waals surface area contributed by atoms with Crippen LogP contribution >= 0.6 is 11.6 Å². The molecule has 0 radical (unpaired) electrons. The zero-order valence-electron chi connectivity index (χ0n) is 12.3. The molecule has 2 aromatic carbocycles. The highest BCUT2D eigenvalue weighted by atomic mass is 35.5. The summed E-state index contributed by atoms with van der Waals surface area (Å²) >= 11 is 5.96. The zero-order valence-corrected chi connectivity index (χ0v) is 13.9. The lowest BCUT2D eigenvalue weighted by atomic mass is 10.1. The largest absolute Gasteiger partial charge is 0.497 e. The van der Waals surface area contributed by atoms with E-state index in [4.69, 9.17) is 16.3 Å². The number of hydrogen-bond donors (Lipinski definition) is 2. The van der Waals surface area contributed by atoms with E-state index >= 15 is 0 Å². The third-order valence-electron chi connectivity index (χ3n) is 3.24. The fourth-order valence-corrected chi connectivity index (χ4v) is 3.25. The molecule has 2 N–H and O–H groups in total. The van der Waals surface area contributed by atoms with Crippen molar-refractivity contribution in [3.05, 3.63) is 52.5 Å². The molecule has 0 aromatic heterocycles. The van der Waals surface area contributed by atoms with E-state index in [2.05, 4.69) is 4.72 Å². The van der Waals surface area contributed by atoms with E-state index in [0.29, 0.717) is 11.3 Å². The first-order valence-electron chi connectivity index (χ1n) is 6.45.